The third-order valence-electron chi connectivity index (χ3n) is 4.54. The number of anilines is 1. The van der Waals surface area contributed by atoms with Gasteiger partial charge in [0.15, 0.2) is 12.3 Å². The SMILES string of the molecule is O=C(OCC(=O)N1CCCc2ccccc21)c1csc(-c2ccc(F)cc2)n1. The zero-order valence-corrected chi connectivity index (χ0v) is 15.7. The number of halogens is 1. The van der Waals surface area contributed by atoms with Crippen molar-refractivity contribution in [1.29, 1.82) is 0 Å². The summed E-state index contributed by atoms with van der Waals surface area (Å²) in [5.74, 6) is -1.24. The van der Waals surface area contributed by atoms with E-state index in [-0.39, 0.29) is 24.0 Å². The largest absolute Gasteiger partial charge is 0.451 e. The molecule has 4 rings (SSSR count). The number of para-hydroxylation sites is 1. The van der Waals surface area contributed by atoms with E-state index in [2.05, 4.69) is 4.98 Å². The lowest BCUT2D eigenvalue weighted by molar-refractivity contribution is -0.121. The molecule has 5 nitrogen and oxygen atoms in total. The van der Waals surface area contributed by atoms with Gasteiger partial charge in [-0.15, -0.1) is 11.3 Å². The van der Waals surface area contributed by atoms with Crippen molar-refractivity contribution in [2.24, 2.45) is 0 Å². The summed E-state index contributed by atoms with van der Waals surface area (Å²) >= 11 is 1.26. The number of hydrogen-bond acceptors (Lipinski definition) is 5. The van der Waals surface area contributed by atoms with Crippen LogP contribution in [0.3, 0.4) is 0 Å². The number of thiazole rings is 1. The van der Waals surface area contributed by atoms with E-state index in [0.29, 0.717) is 17.1 Å². The van der Waals surface area contributed by atoms with Gasteiger partial charge in [0, 0.05) is 23.2 Å². The first-order valence-electron chi connectivity index (χ1n) is 8.89. The molecular weight excluding hydrogens is 379 g/mol. The van der Waals surface area contributed by atoms with Gasteiger partial charge in [0.25, 0.3) is 5.91 Å². The van der Waals surface area contributed by atoms with Gasteiger partial charge in [0.05, 0.1) is 0 Å². The second-order valence-electron chi connectivity index (χ2n) is 6.40. The summed E-state index contributed by atoms with van der Waals surface area (Å²) in [6, 6.07) is 13.6. The van der Waals surface area contributed by atoms with Crippen LogP contribution in [0.1, 0.15) is 22.5 Å². The predicted octanol–water partition coefficient (Wildman–Crippen LogP) is 4.09. The molecule has 0 N–H and O–H groups in total. The minimum absolute atomic E-state index is 0.135. The summed E-state index contributed by atoms with van der Waals surface area (Å²) < 4.78 is 18.2. The molecule has 1 aliphatic rings. The molecule has 0 atom stereocenters. The average molecular weight is 396 g/mol. The molecule has 28 heavy (non-hydrogen) atoms. The highest BCUT2D eigenvalue weighted by molar-refractivity contribution is 7.13. The quantitative estimate of drug-likeness (QED) is 0.624. The molecule has 0 radical (unpaired) electrons. The van der Waals surface area contributed by atoms with Crippen molar-refractivity contribution in [2.75, 3.05) is 18.1 Å². The third kappa shape index (κ3) is 3.80. The number of fused-ring (bicyclic) bond motifs is 1. The van der Waals surface area contributed by atoms with E-state index in [4.69, 9.17) is 4.74 Å². The molecular formula is C21H17FN2O3S. The van der Waals surface area contributed by atoms with Crippen LogP contribution in [0.4, 0.5) is 10.1 Å². The van der Waals surface area contributed by atoms with Crippen LogP contribution in [-0.2, 0) is 16.0 Å². The second kappa shape index (κ2) is 7.90. The van der Waals surface area contributed by atoms with Crippen LogP contribution in [0.25, 0.3) is 10.6 Å². The molecule has 1 aliphatic heterocycles. The Balaban J connectivity index is 1.40. The number of ether oxygens (including phenoxy) is 1. The molecule has 0 fully saturated rings. The number of benzene rings is 2. The summed E-state index contributed by atoms with van der Waals surface area (Å²) in [6.45, 7) is 0.273. The van der Waals surface area contributed by atoms with Crippen molar-refractivity contribution in [2.45, 2.75) is 12.8 Å². The first-order valence-corrected chi connectivity index (χ1v) is 9.76. The minimum Gasteiger partial charge on any atom is -0.451 e. The number of carbonyl (C=O) groups excluding carboxylic acids is 2. The molecule has 3 aromatic rings. The summed E-state index contributed by atoms with van der Waals surface area (Å²) in [4.78, 5) is 30.7. The Bertz CT molecular complexity index is 1020. The molecule has 2 heterocycles. The van der Waals surface area contributed by atoms with Crippen LogP contribution in [0.5, 0.6) is 0 Å². The number of nitrogens with zero attached hydrogens (tertiary/aromatic N) is 2. The van der Waals surface area contributed by atoms with Gasteiger partial charge in [-0.25, -0.2) is 14.2 Å². The fraction of sp³-hybridized carbons (Fsp3) is 0.190. The van der Waals surface area contributed by atoms with E-state index in [1.54, 1.807) is 22.4 Å². The van der Waals surface area contributed by atoms with Gasteiger partial charge >= 0.3 is 5.97 Å². The monoisotopic (exact) mass is 396 g/mol. The standard InChI is InChI=1S/C21H17FN2O3S/c22-16-9-7-15(8-10-16)20-23-17(13-28-20)21(26)27-12-19(25)24-11-3-5-14-4-1-2-6-18(14)24/h1-2,4,6-10,13H,3,5,11-12H2. The van der Waals surface area contributed by atoms with Gasteiger partial charge < -0.3 is 9.64 Å². The minimum atomic E-state index is -0.650. The Hall–Kier alpha value is -3.06. The fourth-order valence-corrected chi connectivity index (χ4v) is 3.96. The highest BCUT2D eigenvalue weighted by Crippen LogP contribution is 2.27. The summed E-state index contributed by atoms with van der Waals surface area (Å²) in [5.41, 5.74) is 2.85. The topological polar surface area (TPSA) is 59.5 Å². The Labute approximate surface area is 165 Å². The van der Waals surface area contributed by atoms with E-state index in [0.717, 1.165) is 24.1 Å². The van der Waals surface area contributed by atoms with Crippen molar-refractivity contribution in [1.82, 2.24) is 4.98 Å². The van der Waals surface area contributed by atoms with Gasteiger partial charge in [-0.3, -0.25) is 4.79 Å². The number of amides is 1. The lowest BCUT2D eigenvalue weighted by Gasteiger charge is -2.29. The van der Waals surface area contributed by atoms with Crippen molar-refractivity contribution in [3.05, 3.63) is 71.0 Å². The molecule has 0 bridgehead atoms. The van der Waals surface area contributed by atoms with Crippen molar-refractivity contribution < 1.29 is 18.7 Å². The van der Waals surface area contributed by atoms with Crippen LogP contribution in [0, 0.1) is 5.82 Å². The maximum atomic E-state index is 13.0. The zero-order chi connectivity index (χ0) is 19.5. The Kier molecular flexibility index (Phi) is 5.16. The summed E-state index contributed by atoms with van der Waals surface area (Å²) in [5, 5.41) is 2.16. The van der Waals surface area contributed by atoms with Crippen LogP contribution in [0.15, 0.2) is 53.9 Å². The third-order valence-corrected chi connectivity index (χ3v) is 5.43. The van der Waals surface area contributed by atoms with Crippen molar-refractivity contribution in [3.8, 4) is 10.6 Å². The summed E-state index contributed by atoms with van der Waals surface area (Å²) in [7, 11) is 0. The number of rotatable bonds is 4. The molecule has 0 saturated carbocycles. The maximum Gasteiger partial charge on any atom is 0.358 e. The highest BCUT2D eigenvalue weighted by atomic mass is 32.1. The lowest BCUT2D eigenvalue weighted by Crippen LogP contribution is -2.38. The van der Waals surface area contributed by atoms with Gasteiger partial charge in [0.1, 0.15) is 10.8 Å². The second-order valence-corrected chi connectivity index (χ2v) is 7.26. The Morgan fingerprint density at radius 2 is 1.93 bits per heavy atom. The number of carbonyl (C=O) groups is 2. The predicted molar refractivity (Wildman–Crippen MR) is 105 cm³/mol. The molecule has 1 aromatic heterocycles. The fourth-order valence-electron chi connectivity index (χ4n) is 3.16. The molecule has 0 saturated heterocycles. The van der Waals surface area contributed by atoms with Crippen molar-refractivity contribution in [3.63, 3.8) is 0 Å². The van der Waals surface area contributed by atoms with E-state index < -0.39 is 5.97 Å². The normalized spacial score (nSPS) is 13.1. The van der Waals surface area contributed by atoms with Crippen LogP contribution in [-0.4, -0.2) is 30.0 Å². The van der Waals surface area contributed by atoms with E-state index in [1.165, 1.54) is 23.5 Å². The van der Waals surface area contributed by atoms with Gasteiger partial charge in [-0.1, -0.05) is 18.2 Å². The molecule has 1 amide bonds. The Morgan fingerprint density at radius 3 is 2.75 bits per heavy atom. The molecule has 0 spiro atoms. The number of esters is 1. The number of aryl methyl sites for hydroxylation is 1. The molecule has 0 aliphatic carbocycles. The first-order chi connectivity index (χ1) is 13.6. The average Bonchev–Trinajstić information content (AvgIpc) is 3.22. The maximum absolute atomic E-state index is 13.0. The van der Waals surface area contributed by atoms with E-state index in [9.17, 15) is 14.0 Å². The smallest absolute Gasteiger partial charge is 0.358 e. The van der Waals surface area contributed by atoms with Crippen LogP contribution < -0.4 is 4.90 Å². The molecule has 142 valence electrons. The summed E-state index contributed by atoms with van der Waals surface area (Å²) in [6.07, 6.45) is 1.81. The molecule has 0 unspecified atom stereocenters. The molecule has 7 heteroatoms. The van der Waals surface area contributed by atoms with Gasteiger partial charge in [-0.2, -0.15) is 0 Å². The van der Waals surface area contributed by atoms with E-state index >= 15 is 0 Å². The zero-order valence-electron chi connectivity index (χ0n) is 14.9. The van der Waals surface area contributed by atoms with Gasteiger partial charge in [0.2, 0.25) is 0 Å². The van der Waals surface area contributed by atoms with E-state index in [1.807, 2.05) is 24.3 Å². The van der Waals surface area contributed by atoms with Gasteiger partial charge in [-0.05, 0) is 48.7 Å². The number of hydrogen-bond donors (Lipinski definition) is 0. The lowest BCUT2D eigenvalue weighted by atomic mass is 10.0. The van der Waals surface area contributed by atoms with Crippen LogP contribution in [0.2, 0.25) is 0 Å². The molecule has 2 aromatic carbocycles. The van der Waals surface area contributed by atoms with Crippen molar-refractivity contribution >= 4 is 28.9 Å². The first kappa shape index (κ1) is 18.3. The highest BCUT2D eigenvalue weighted by Gasteiger charge is 2.23. The Morgan fingerprint density at radius 1 is 1.14 bits per heavy atom. The van der Waals surface area contributed by atoms with Crippen LogP contribution >= 0.6 is 11.3 Å². The number of aromatic nitrogens is 1.